The number of amides is 2. The average molecular weight is 480 g/mol. The Morgan fingerprint density at radius 2 is 1.88 bits per heavy atom. The maximum atomic E-state index is 12.6. The molecular formula is C22H23Cl2N3O5. The molecule has 0 saturated carbocycles. The van der Waals surface area contributed by atoms with Crippen molar-refractivity contribution < 1.29 is 23.9 Å². The zero-order valence-electron chi connectivity index (χ0n) is 17.7. The number of benzene rings is 2. The lowest BCUT2D eigenvalue weighted by molar-refractivity contribution is -0.142. The third-order valence-corrected chi connectivity index (χ3v) is 4.79. The number of methoxy groups -OCH3 is 1. The molecule has 0 aromatic heterocycles. The van der Waals surface area contributed by atoms with Gasteiger partial charge < -0.3 is 14.8 Å². The van der Waals surface area contributed by atoms with Gasteiger partial charge in [-0.1, -0.05) is 49.2 Å². The molecule has 2 aromatic rings. The van der Waals surface area contributed by atoms with Crippen molar-refractivity contribution in [2.24, 2.45) is 11.0 Å². The number of esters is 1. The van der Waals surface area contributed by atoms with Crippen LogP contribution in [-0.2, 0) is 14.3 Å². The minimum absolute atomic E-state index is 0.185. The van der Waals surface area contributed by atoms with Gasteiger partial charge in [-0.15, -0.1) is 0 Å². The summed E-state index contributed by atoms with van der Waals surface area (Å²) in [5.41, 5.74) is 3.26. The molecule has 170 valence electrons. The van der Waals surface area contributed by atoms with Crippen LogP contribution in [0.2, 0.25) is 10.0 Å². The summed E-state index contributed by atoms with van der Waals surface area (Å²) in [5, 5.41) is 7.19. The van der Waals surface area contributed by atoms with Crippen LogP contribution < -0.4 is 15.5 Å². The van der Waals surface area contributed by atoms with E-state index in [1.807, 2.05) is 0 Å². The molecule has 0 heterocycles. The molecule has 8 nitrogen and oxygen atoms in total. The number of carbonyl (C=O) groups excluding carboxylic acids is 3. The van der Waals surface area contributed by atoms with Crippen LogP contribution in [0.4, 0.5) is 0 Å². The second-order valence-corrected chi connectivity index (χ2v) is 7.83. The number of hydrazone groups is 1. The van der Waals surface area contributed by atoms with E-state index in [4.69, 9.17) is 27.9 Å². The van der Waals surface area contributed by atoms with Crippen LogP contribution in [0, 0.1) is 5.92 Å². The Balaban J connectivity index is 2.00. The van der Waals surface area contributed by atoms with Crippen molar-refractivity contribution in [2.75, 3.05) is 13.7 Å². The summed E-state index contributed by atoms with van der Waals surface area (Å²) in [6.45, 7) is 3.36. The molecule has 0 fully saturated rings. The van der Waals surface area contributed by atoms with Crippen LogP contribution >= 0.6 is 23.2 Å². The van der Waals surface area contributed by atoms with Gasteiger partial charge in [0.15, 0.2) is 6.61 Å². The van der Waals surface area contributed by atoms with Crippen molar-refractivity contribution in [3.05, 3.63) is 63.6 Å². The second-order valence-electron chi connectivity index (χ2n) is 6.99. The molecular weight excluding hydrogens is 457 g/mol. The smallest absolute Gasteiger partial charge is 0.343 e. The van der Waals surface area contributed by atoms with Gasteiger partial charge >= 0.3 is 5.97 Å². The average Bonchev–Trinajstić information content (AvgIpc) is 2.75. The number of carbonyl (C=O) groups is 3. The van der Waals surface area contributed by atoms with E-state index in [0.717, 1.165) is 0 Å². The molecule has 2 rings (SSSR count). The molecule has 2 amide bonds. The lowest BCUT2D eigenvalue weighted by atomic mass is 10.0. The summed E-state index contributed by atoms with van der Waals surface area (Å²) in [7, 11) is 1.27. The molecule has 1 atom stereocenters. The highest BCUT2D eigenvalue weighted by atomic mass is 35.5. The number of hydrogen-bond donors (Lipinski definition) is 2. The summed E-state index contributed by atoms with van der Waals surface area (Å²) >= 11 is 11.9. The summed E-state index contributed by atoms with van der Waals surface area (Å²) in [6.07, 6.45) is 1.41. The zero-order valence-corrected chi connectivity index (χ0v) is 19.2. The largest absolute Gasteiger partial charge is 0.482 e. The normalized spacial score (nSPS) is 11.8. The number of nitrogens with one attached hydrogen (secondary N) is 2. The Kier molecular flexibility index (Phi) is 9.49. The quantitative estimate of drug-likeness (QED) is 0.325. The van der Waals surface area contributed by atoms with E-state index in [2.05, 4.69) is 20.6 Å². The van der Waals surface area contributed by atoms with Crippen LogP contribution in [0.1, 0.15) is 29.8 Å². The summed E-state index contributed by atoms with van der Waals surface area (Å²) in [4.78, 5) is 36.3. The third-order valence-electron chi connectivity index (χ3n) is 4.24. The van der Waals surface area contributed by atoms with Crippen LogP contribution in [0.5, 0.6) is 5.75 Å². The van der Waals surface area contributed by atoms with E-state index in [9.17, 15) is 14.4 Å². The summed E-state index contributed by atoms with van der Waals surface area (Å²) in [5.74, 6) is -1.26. The Labute approximate surface area is 195 Å². The first-order valence-corrected chi connectivity index (χ1v) is 10.4. The highest BCUT2D eigenvalue weighted by Crippen LogP contribution is 2.21. The SMILES string of the molecule is COC(=O)COc1cccc(/C=N/NC(=O)C(NC(=O)c2ccc(Cl)cc2Cl)C(C)C)c1. The van der Waals surface area contributed by atoms with Gasteiger partial charge in [-0.2, -0.15) is 5.10 Å². The molecule has 2 aromatic carbocycles. The Bertz CT molecular complexity index is 1010. The first kappa shape index (κ1) is 25.2. The number of nitrogens with zero attached hydrogens (tertiary/aromatic N) is 1. The van der Waals surface area contributed by atoms with E-state index in [1.165, 1.54) is 25.5 Å². The first-order chi connectivity index (χ1) is 15.2. The number of hydrogen-bond acceptors (Lipinski definition) is 6. The molecule has 0 aliphatic carbocycles. The van der Waals surface area contributed by atoms with E-state index in [1.54, 1.807) is 44.2 Å². The molecule has 0 aliphatic rings. The van der Waals surface area contributed by atoms with E-state index < -0.39 is 23.8 Å². The molecule has 2 N–H and O–H groups in total. The molecule has 0 saturated heterocycles. The minimum Gasteiger partial charge on any atom is -0.482 e. The third kappa shape index (κ3) is 7.55. The molecule has 0 spiro atoms. The van der Waals surface area contributed by atoms with Crippen molar-refractivity contribution in [3.63, 3.8) is 0 Å². The molecule has 10 heteroatoms. The van der Waals surface area contributed by atoms with Crippen molar-refractivity contribution in [2.45, 2.75) is 19.9 Å². The Hall–Kier alpha value is -3.10. The highest BCUT2D eigenvalue weighted by molar-refractivity contribution is 6.36. The fourth-order valence-electron chi connectivity index (χ4n) is 2.55. The van der Waals surface area contributed by atoms with Gasteiger partial charge in [-0.25, -0.2) is 10.2 Å². The van der Waals surface area contributed by atoms with Gasteiger partial charge in [0.2, 0.25) is 0 Å². The lowest BCUT2D eigenvalue weighted by Crippen LogP contribution is -2.48. The number of ether oxygens (including phenoxy) is 2. The van der Waals surface area contributed by atoms with Gasteiger partial charge in [0.1, 0.15) is 11.8 Å². The van der Waals surface area contributed by atoms with Crippen molar-refractivity contribution in [3.8, 4) is 5.75 Å². The Morgan fingerprint density at radius 3 is 2.53 bits per heavy atom. The van der Waals surface area contributed by atoms with Gasteiger partial charge in [-0.3, -0.25) is 9.59 Å². The molecule has 1 unspecified atom stereocenters. The fraction of sp³-hybridized carbons (Fsp3) is 0.273. The minimum atomic E-state index is -0.846. The van der Waals surface area contributed by atoms with Crippen LogP contribution in [-0.4, -0.2) is 43.8 Å². The molecule has 0 radical (unpaired) electrons. The monoisotopic (exact) mass is 479 g/mol. The van der Waals surface area contributed by atoms with E-state index >= 15 is 0 Å². The molecule has 0 aliphatic heterocycles. The maximum absolute atomic E-state index is 12.6. The topological polar surface area (TPSA) is 106 Å². The maximum Gasteiger partial charge on any atom is 0.343 e. The van der Waals surface area contributed by atoms with Crippen LogP contribution in [0.15, 0.2) is 47.6 Å². The van der Waals surface area contributed by atoms with Crippen molar-refractivity contribution >= 4 is 47.2 Å². The fourth-order valence-corrected chi connectivity index (χ4v) is 3.05. The van der Waals surface area contributed by atoms with Crippen LogP contribution in [0.3, 0.4) is 0 Å². The highest BCUT2D eigenvalue weighted by Gasteiger charge is 2.25. The number of halogens is 2. The first-order valence-electron chi connectivity index (χ1n) is 9.59. The molecule has 32 heavy (non-hydrogen) atoms. The molecule has 0 bridgehead atoms. The van der Waals surface area contributed by atoms with Gasteiger partial charge in [-0.05, 0) is 41.8 Å². The standard InChI is InChI=1S/C22H23Cl2N3O5/c1-13(2)20(26-21(29)17-8-7-15(23)10-18(17)24)22(30)27-25-11-14-5-4-6-16(9-14)32-12-19(28)31-3/h4-11,13,20H,12H2,1-3H3,(H,26,29)(H,27,30)/b25-11+. The number of rotatable bonds is 9. The Morgan fingerprint density at radius 1 is 1.12 bits per heavy atom. The summed E-state index contributed by atoms with van der Waals surface area (Å²) in [6, 6.07) is 10.4. The zero-order chi connectivity index (χ0) is 23.7. The van der Waals surface area contributed by atoms with Crippen LogP contribution in [0.25, 0.3) is 0 Å². The second kappa shape index (κ2) is 12.1. The predicted molar refractivity (Wildman–Crippen MR) is 122 cm³/mol. The lowest BCUT2D eigenvalue weighted by Gasteiger charge is -2.20. The van der Waals surface area contributed by atoms with Gasteiger partial charge in [0.25, 0.3) is 11.8 Å². The van der Waals surface area contributed by atoms with E-state index in [0.29, 0.717) is 16.3 Å². The predicted octanol–water partition coefficient (Wildman–Crippen LogP) is 3.45. The van der Waals surface area contributed by atoms with Crippen molar-refractivity contribution in [1.29, 1.82) is 0 Å². The summed E-state index contributed by atoms with van der Waals surface area (Å²) < 4.78 is 9.83. The van der Waals surface area contributed by atoms with Gasteiger partial charge in [0, 0.05) is 5.02 Å². The van der Waals surface area contributed by atoms with E-state index in [-0.39, 0.29) is 23.1 Å². The van der Waals surface area contributed by atoms with Gasteiger partial charge in [0.05, 0.1) is 23.9 Å². The van der Waals surface area contributed by atoms with Crippen molar-refractivity contribution in [1.82, 2.24) is 10.7 Å².